The van der Waals surface area contributed by atoms with Gasteiger partial charge in [-0.05, 0) is 44.0 Å². The minimum atomic E-state index is 0. The highest BCUT2D eigenvalue weighted by atomic mass is 127. The maximum absolute atomic E-state index is 5.57. The molecule has 0 aliphatic heterocycles. The van der Waals surface area contributed by atoms with Crippen molar-refractivity contribution in [2.24, 2.45) is 4.99 Å². The van der Waals surface area contributed by atoms with E-state index in [4.69, 9.17) is 14.2 Å². The Kier molecular flexibility index (Phi) is 11.9. The molecule has 160 valence electrons. The largest absolute Gasteiger partial charge is 0.493 e. The standard InChI is InChI=1S/C21H30N4O3.HI/c1-5-22-21(25-15-17-8-7-12-23-20(17)28-6-2)24-13-11-16-9-10-18(26-3)19(14-16)27-4;/h7-10,12,14H,5-6,11,13,15H2,1-4H3,(H2,22,24,25);1H. The fraction of sp³-hybridized carbons (Fsp3) is 0.429. The van der Waals surface area contributed by atoms with Crippen molar-refractivity contribution in [2.75, 3.05) is 33.9 Å². The second kappa shape index (κ2) is 13.9. The molecule has 0 amide bonds. The van der Waals surface area contributed by atoms with Gasteiger partial charge in [0.25, 0.3) is 0 Å². The van der Waals surface area contributed by atoms with Gasteiger partial charge in [0.15, 0.2) is 17.5 Å². The lowest BCUT2D eigenvalue weighted by Gasteiger charge is -2.13. The summed E-state index contributed by atoms with van der Waals surface area (Å²) in [4.78, 5) is 8.92. The molecule has 0 fully saturated rings. The van der Waals surface area contributed by atoms with Crippen molar-refractivity contribution in [3.8, 4) is 17.4 Å². The van der Waals surface area contributed by atoms with Crippen LogP contribution in [0.2, 0.25) is 0 Å². The molecule has 0 saturated heterocycles. The molecule has 0 saturated carbocycles. The lowest BCUT2D eigenvalue weighted by Crippen LogP contribution is -2.38. The average Bonchev–Trinajstić information content (AvgIpc) is 2.73. The Balaban J connectivity index is 0.00000420. The van der Waals surface area contributed by atoms with Crippen molar-refractivity contribution in [1.82, 2.24) is 15.6 Å². The third kappa shape index (κ3) is 7.96. The molecule has 0 spiro atoms. The molecule has 0 radical (unpaired) electrons. The van der Waals surface area contributed by atoms with Crippen LogP contribution in [-0.4, -0.2) is 44.9 Å². The highest BCUT2D eigenvalue weighted by molar-refractivity contribution is 14.0. The SMILES string of the molecule is CCNC(=NCc1cccnc1OCC)NCCc1ccc(OC)c(OC)c1.I. The molecule has 7 nitrogen and oxygen atoms in total. The Labute approximate surface area is 190 Å². The molecule has 29 heavy (non-hydrogen) atoms. The number of ether oxygens (including phenoxy) is 3. The van der Waals surface area contributed by atoms with Gasteiger partial charge in [-0.2, -0.15) is 0 Å². The van der Waals surface area contributed by atoms with E-state index in [1.807, 2.05) is 44.2 Å². The van der Waals surface area contributed by atoms with Crippen molar-refractivity contribution in [2.45, 2.75) is 26.8 Å². The normalized spacial score (nSPS) is 10.7. The predicted octanol–water partition coefficient (Wildman–Crippen LogP) is 3.41. The van der Waals surface area contributed by atoms with Crippen LogP contribution >= 0.6 is 24.0 Å². The number of nitrogens with one attached hydrogen (secondary N) is 2. The molecule has 2 aromatic rings. The van der Waals surface area contributed by atoms with Gasteiger partial charge < -0.3 is 24.8 Å². The van der Waals surface area contributed by atoms with Crippen molar-refractivity contribution in [3.05, 3.63) is 47.7 Å². The van der Waals surface area contributed by atoms with E-state index in [1.165, 1.54) is 0 Å². The molecule has 0 unspecified atom stereocenters. The number of rotatable bonds is 10. The van der Waals surface area contributed by atoms with E-state index in [0.29, 0.717) is 19.0 Å². The number of hydrogen-bond acceptors (Lipinski definition) is 5. The smallest absolute Gasteiger partial charge is 0.218 e. The van der Waals surface area contributed by atoms with E-state index in [2.05, 4.69) is 20.6 Å². The average molecular weight is 514 g/mol. The summed E-state index contributed by atoms with van der Waals surface area (Å²) in [5.41, 5.74) is 2.12. The maximum atomic E-state index is 5.57. The second-order valence-corrected chi connectivity index (χ2v) is 5.96. The van der Waals surface area contributed by atoms with Crippen LogP contribution in [0.5, 0.6) is 17.4 Å². The van der Waals surface area contributed by atoms with Gasteiger partial charge in [0.2, 0.25) is 5.88 Å². The van der Waals surface area contributed by atoms with Crippen molar-refractivity contribution >= 4 is 29.9 Å². The molecule has 2 rings (SSSR count). The van der Waals surface area contributed by atoms with E-state index in [9.17, 15) is 0 Å². The van der Waals surface area contributed by atoms with Gasteiger partial charge in [0.1, 0.15) is 0 Å². The molecule has 0 aliphatic rings. The molecule has 1 heterocycles. The summed E-state index contributed by atoms with van der Waals surface area (Å²) in [5.74, 6) is 2.86. The molecule has 0 bridgehead atoms. The Morgan fingerprint density at radius 3 is 2.55 bits per heavy atom. The Morgan fingerprint density at radius 1 is 1.07 bits per heavy atom. The van der Waals surface area contributed by atoms with E-state index < -0.39 is 0 Å². The summed E-state index contributed by atoms with van der Waals surface area (Å²) in [5, 5.41) is 6.63. The van der Waals surface area contributed by atoms with E-state index in [-0.39, 0.29) is 24.0 Å². The summed E-state index contributed by atoms with van der Waals surface area (Å²) < 4.78 is 16.2. The zero-order valence-corrected chi connectivity index (χ0v) is 19.9. The summed E-state index contributed by atoms with van der Waals surface area (Å²) in [6.45, 7) is 6.59. The molecule has 0 aliphatic carbocycles. The molecule has 0 atom stereocenters. The maximum Gasteiger partial charge on any atom is 0.218 e. The number of aliphatic imine (C=N–C) groups is 1. The molecular formula is C21H31IN4O3. The van der Waals surface area contributed by atoms with E-state index in [0.717, 1.165) is 48.1 Å². The highest BCUT2D eigenvalue weighted by Gasteiger charge is 2.06. The van der Waals surface area contributed by atoms with Crippen LogP contribution in [0.4, 0.5) is 0 Å². The van der Waals surface area contributed by atoms with Gasteiger partial charge in [-0.25, -0.2) is 9.98 Å². The molecule has 2 N–H and O–H groups in total. The fourth-order valence-corrected chi connectivity index (χ4v) is 2.68. The number of benzene rings is 1. The number of pyridine rings is 1. The quantitative estimate of drug-likeness (QED) is 0.288. The highest BCUT2D eigenvalue weighted by Crippen LogP contribution is 2.27. The lowest BCUT2D eigenvalue weighted by atomic mass is 10.1. The van der Waals surface area contributed by atoms with Gasteiger partial charge in [-0.1, -0.05) is 12.1 Å². The van der Waals surface area contributed by atoms with Crippen LogP contribution in [0.1, 0.15) is 25.0 Å². The predicted molar refractivity (Wildman–Crippen MR) is 127 cm³/mol. The van der Waals surface area contributed by atoms with Crippen LogP contribution in [0, 0.1) is 0 Å². The fourth-order valence-electron chi connectivity index (χ4n) is 2.68. The molecule has 8 heteroatoms. The first-order chi connectivity index (χ1) is 13.7. The summed E-state index contributed by atoms with van der Waals surface area (Å²) in [6, 6.07) is 9.83. The Morgan fingerprint density at radius 2 is 1.86 bits per heavy atom. The van der Waals surface area contributed by atoms with Crippen molar-refractivity contribution in [3.63, 3.8) is 0 Å². The minimum Gasteiger partial charge on any atom is -0.493 e. The second-order valence-electron chi connectivity index (χ2n) is 5.96. The Hall–Kier alpha value is -2.23. The van der Waals surface area contributed by atoms with E-state index >= 15 is 0 Å². The van der Waals surface area contributed by atoms with Crippen LogP contribution in [0.25, 0.3) is 0 Å². The Bertz CT molecular complexity index is 771. The van der Waals surface area contributed by atoms with Gasteiger partial charge in [0.05, 0.1) is 27.4 Å². The number of hydrogen-bond donors (Lipinski definition) is 2. The topological polar surface area (TPSA) is 77.0 Å². The third-order valence-corrected chi connectivity index (χ3v) is 4.04. The zero-order valence-electron chi connectivity index (χ0n) is 17.5. The van der Waals surface area contributed by atoms with Crippen LogP contribution in [-0.2, 0) is 13.0 Å². The van der Waals surface area contributed by atoms with E-state index in [1.54, 1.807) is 20.4 Å². The molecule has 1 aromatic heterocycles. The van der Waals surface area contributed by atoms with Gasteiger partial charge in [-0.3, -0.25) is 0 Å². The number of halogens is 1. The first-order valence-corrected chi connectivity index (χ1v) is 9.51. The third-order valence-electron chi connectivity index (χ3n) is 4.04. The summed E-state index contributed by atoms with van der Waals surface area (Å²) >= 11 is 0. The summed E-state index contributed by atoms with van der Waals surface area (Å²) in [6.07, 6.45) is 2.56. The number of aromatic nitrogens is 1. The van der Waals surface area contributed by atoms with Gasteiger partial charge in [0, 0.05) is 24.8 Å². The van der Waals surface area contributed by atoms with Crippen LogP contribution in [0.15, 0.2) is 41.5 Å². The first kappa shape index (κ1) is 24.8. The first-order valence-electron chi connectivity index (χ1n) is 9.51. The minimum absolute atomic E-state index is 0. The van der Waals surface area contributed by atoms with Gasteiger partial charge >= 0.3 is 0 Å². The van der Waals surface area contributed by atoms with Crippen molar-refractivity contribution in [1.29, 1.82) is 0 Å². The molecular weight excluding hydrogens is 483 g/mol. The lowest BCUT2D eigenvalue weighted by molar-refractivity contribution is 0.323. The number of methoxy groups -OCH3 is 2. The van der Waals surface area contributed by atoms with Crippen molar-refractivity contribution < 1.29 is 14.2 Å². The zero-order chi connectivity index (χ0) is 20.2. The number of nitrogens with zero attached hydrogens (tertiary/aromatic N) is 2. The summed E-state index contributed by atoms with van der Waals surface area (Å²) in [7, 11) is 3.28. The van der Waals surface area contributed by atoms with Gasteiger partial charge in [-0.15, -0.1) is 24.0 Å². The monoisotopic (exact) mass is 514 g/mol. The molecule has 1 aromatic carbocycles. The van der Waals surface area contributed by atoms with Crippen LogP contribution in [0.3, 0.4) is 0 Å². The van der Waals surface area contributed by atoms with Crippen LogP contribution < -0.4 is 24.8 Å². The number of guanidine groups is 1.